The van der Waals surface area contributed by atoms with Crippen LogP contribution in [0.5, 0.6) is 0 Å². The first-order chi connectivity index (χ1) is 11.0. The van der Waals surface area contributed by atoms with Crippen LogP contribution in [0.25, 0.3) is 0 Å². The van der Waals surface area contributed by atoms with Crippen molar-refractivity contribution in [1.29, 1.82) is 0 Å². The Balaban J connectivity index is 1.91. The van der Waals surface area contributed by atoms with Crippen LogP contribution in [-0.4, -0.2) is 23.5 Å². The fourth-order valence-electron chi connectivity index (χ4n) is 1.98. The summed E-state index contributed by atoms with van der Waals surface area (Å²) in [5, 5.41) is 3.21. The van der Waals surface area contributed by atoms with Crippen LogP contribution in [0, 0.1) is 0 Å². The van der Waals surface area contributed by atoms with Gasteiger partial charge in [0.1, 0.15) is 5.56 Å². The molecule has 0 aliphatic heterocycles. The topological polar surface area (TPSA) is 88.3 Å². The molecule has 23 heavy (non-hydrogen) atoms. The molecule has 1 amide bonds. The second-order valence-corrected chi connectivity index (χ2v) is 5.21. The van der Waals surface area contributed by atoms with E-state index in [0.29, 0.717) is 5.02 Å². The molecule has 0 bridgehead atoms. The van der Waals surface area contributed by atoms with Gasteiger partial charge in [-0.15, -0.1) is 0 Å². The van der Waals surface area contributed by atoms with E-state index in [1.54, 1.807) is 25.1 Å². The third kappa shape index (κ3) is 4.43. The molecule has 2 aromatic rings. The molecule has 0 aliphatic rings. The quantitative estimate of drug-likeness (QED) is 0.819. The van der Waals surface area contributed by atoms with Gasteiger partial charge >= 0.3 is 5.97 Å². The number of halogens is 1. The molecule has 0 saturated heterocycles. The monoisotopic (exact) mass is 334 g/mol. The molecule has 0 saturated carbocycles. The molecule has 0 aliphatic carbocycles. The van der Waals surface area contributed by atoms with Crippen LogP contribution in [-0.2, 0) is 9.53 Å². The van der Waals surface area contributed by atoms with Gasteiger partial charge in [-0.3, -0.25) is 9.59 Å². The zero-order valence-corrected chi connectivity index (χ0v) is 13.1. The molecule has 120 valence electrons. The number of rotatable bonds is 5. The zero-order chi connectivity index (χ0) is 16.8. The summed E-state index contributed by atoms with van der Waals surface area (Å²) < 4.78 is 4.83. The van der Waals surface area contributed by atoms with E-state index in [-0.39, 0.29) is 11.6 Å². The van der Waals surface area contributed by atoms with E-state index in [2.05, 4.69) is 10.3 Å². The van der Waals surface area contributed by atoms with E-state index in [0.717, 1.165) is 5.56 Å². The van der Waals surface area contributed by atoms with Gasteiger partial charge in [0.2, 0.25) is 0 Å². The SMILES string of the molecule is C[C@H](NC(=O)COC(=O)c1ccc[nH]c1=O)c1ccccc1Cl. The van der Waals surface area contributed by atoms with Crippen molar-refractivity contribution in [2.24, 2.45) is 0 Å². The number of pyridine rings is 1. The van der Waals surface area contributed by atoms with Crippen LogP contribution in [0.15, 0.2) is 47.4 Å². The van der Waals surface area contributed by atoms with Gasteiger partial charge in [0, 0.05) is 11.2 Å². The summed E-state index contributed by atoms with van der Waals surface area (Å²) in [4.78, 5) is 37.4. The van der Waals surface area contributed by atoms with Crippen molar-refractivity contribution in [1.82, 2.24) is 10.3 Å². The summed E-state index contributed by atoms with van der Waals surface area (Å²) in [6.07, 6.45) is 1.40. The molecule has 1 aromatic carbocycles. The number of carbonyl (C=O) groups excluding carboxylic acids is 2. The number of hydrogen-bond donors (Lipinski definition) is 2. The van der Waals surface area contributed by atoms with Gasteiger partial charge in [0.15, 0.2) is 6.61 Å². The summed E-state index contributed by atoms with van der Waals surface area (Å²) in [7, 11) is 0. The van der Waals surface area contributed by atoms with Crippen LogP contribution in [0.2, 0.25) is 5.02 Å². The number of aromatic nitrogens is 1. The first-order valence-electron chi connectivity index (χ1n) is 6.87. The minimum atomic E-state index is -0.854. The molecule has 1 atom stereocenters. The molecular weight excluding hydrogens is 320 g/mol. The Labute approximate surface area is 137 Å². The predicted octanol–water partition coefficient (Wildman–Crippen LogP) is 2.06. The zero-order valence-electron chi connectivity index (χ0n) is 12.3. The average molecular weight is 335 g/mol. The highest BCUT2D eigenvalue weighted by Gasteiger charge is 2.16. The Bertz CT molecular complexity index is 772. The van der Waals surface area contributed by atoms with Crippen molar-refractivity contribution in [3.05, 3.63) is 69.1 Å². The number of ether oxygens (including phenoxy) is 1. The number of benzene rings is 1. The van der Waals surface area contributed by atoms with E-state index in [4.69, 9.17) is 16.3 Å². The van der Waals surface area contributed by atoms with Crippen LogP contribution < -0.4 is 10.9 Å². The number of H-pyrrole nitrogens is 1. The average Bonchev–Trinajstić information content (AvgIpc) is 2.53. The smallest absolute Gasteiger partial charge is 0.344 e. The Hall–Kier alpha value is -2.60. The van der Waals surface area contributed by atoms with E-state index in [9.17, 15) is 14.4 Å². The van der Waals surface area contributed by atoms with Gasteiger partial charge in [-0.2, -0.15) is 0 Å². The van der Waals surface area contributed by atoms with E-state index in [1.807, 2.05) is 6.07 Å². The van der Waals surface area contributed by atoms with Gasteiger partial charge in [-0.25, -0.2) is 4.79 Å². The number of amides is 1. The highest BCUT2D eigenvalue weighted by molar-refractivity contribution is 6.31. The van der Waals surface area contributed by atoms with Crippen molar-refractivity contribution in [2.75, 3.05) is 6.61 Å². The molecule has 0 spiro atoms. The number of nitrogens with one attached hydrogen (secondary N) is 2. The maximum atomic E-state index is 11.8. The number of carbonyl (C=O) groups is 2. The van der Waals surface area contributed by atoms with Gasteiger partial charge in [-0.1, -0.05) is 29.8 Å². The molecule has 1 heterocycles. The van der Waals surface area contributed by atoms with Crippen molar-refractivity contribution >= 4 is 23.5 Å². The summed E-state index contributed by atoms with van der Waals surface area (Å²) in [6.45, 7) is 1.28. The van der Waals surface area contributed by atoms with Gasteiger partial charge < -0.3 is 15.0 Å². The van der Waals surface area contributed by atoms with Crippen molar-refractivity contribution < 1.29 is 14.3 Å². The number of aromatic amines is 1. The van der Waals surface area contributed by atoms with Crippen LogP contribution >= 0.6 is 11.6 Å². The van der Waals surface area contributed by atoms with Crippen LogP contribution in [0.4, 0.5) is 0 Å². The maximum absolute atomic E-state index is 11.8. The lowest BCUT2D eigenvalue weighted by Crippen LogP contribution is -2.32. The lowest BCUT2D eigenvalue weighted by Gasteiger charge is -2.15. The molecular formula is C16H15ClN2O4. The third-order valence-electron chi connectivity index (χ3n) is 3.12. The predicted molar refractivity (Wildman–Crippen MR) is 85.4 cm³/mol. The second-order valence-electron chi connectivity index (χ2n) is 4.80. The highest BCUT2D eigenvalue weighted by Crippen LogP contribution is 2.21. The van der Waals surface area contributed by atoms with Gasteiger partial charge in [0.25, 0.3) is 11.5 Å². The second kappa shape index (κ2) is 7.60. The Morgan fingerprint density at radius 2 is 2.00 bits per heavy atom. The number of esters is 1. The molecule has 7 heteroatoms. The fourth-order valence-corrected chi connectivity index (χ4v) is 2.28. The summed E-state index contributed by atoms with van der Waals surface area (Å²) in [5.41, 5.74) is 0.0372. The molecule has 0 fully saturated rings. The van der Waals surface area contributed by atoms with Crippen molar-refractivity contribution in [3.8, 4) is 0 Å². The van der Waals surface area contributed by atoms with Crippen molar-refractivity contribution in [3.63, 3.8) is 0 Å². The van der Waals surface area contributed by atoms with E-state index < -0.39 is 24.0 Å². The fraction of sp³-hybridized carbons (Fsp3) is 0.188. The molecule has 0 radical (unpaired) electrons. The minimum Gasteiger partial charge on any atom is -0.452 e. The Morgan fingerprint density at radius 1 is 1.26 bits per heavy atom. The first kappa shape index (κ1) is 16.8. The molecule has 6 nitrogen and oxygen atoms in total. The Morgan fingerprint density at radius 3 is 2.70 bits per heavy atom. The van der Waals surface area contributed by atoms with Gasteiger partial charge in [0.05, 0.1) is 6.04 Å². The van der Waals surface area contributed by atoms with E-state index in [1.165, 1.54) is 18.3 Å². The summed E-state index contributed by atoms with van der Waals surface area (Å²) >= 11 is 6.05. The van der Waals surface area contributed by atoms with Crippen molar-refractivity contribution in [2.45, 2.75) is 13.0 Å². The normalized spacial score (nSPS) is 11.6. The maximum Gasteiger partial charge on any atom is 0.344 e. The van der Waals surface area contributed by atoms with Crippen LogP contribution in [0.1, 0.15) is 28.9 Å². The highest BCUT2D eigenvalue weighted by atomic mass is 35.5. The summed E-state index contributed by atoms with van der Waals surface area (Å²) in [6, 6.07) is 9.60. The largest absolute Gasteiger partial charge is 0.452 e. The van der Waals surface area contributed by atoms with Crippen LogP contribution in [0.3, 0.4) is 0 Å². The third-order valence-corrected chi connectivity index (χ3v) is 3.47. The first-order valence-corrected chi connectivity index (χ1v) is 7.25. The Kier molecular flexibility index (Phi) is 5.54. The number of hydrogen-bond acceptors (Lipinski definition) is 4. The molecule has 2 N–H and O–H groups in total. The lowest BCUT2D eigenvalue weighted by atomic mass is 10.1. The molecule has 0 unspecified atom stereocenters. The lowest BCUT2D eigenvalue weighted by molar-refractivity contribution is -0.124. The molecule has 1 aromatic heterocycles. The van der Waals surface area contributed by atoms with Gasteiger partial charge in [-0.05, 0) is 30.7 Å². The summed E-state index contributed by atoms with van der Waals surface area (Å²) in [5.74, 6) is -1.34. The molecule has 2 rings (SSSR count). The standard InChI is InChI=1S/C16H15ClN2O4/c1-10(11-5-2-3-7-13(11)17)19-14(20)9-23-16(22)12-6-4-8-18-15(12)21/h2-8,10H,9H2,1H3,(H,18,21)(H,19,20)/t10-/m0/s1. The van der Waals surface area contributed by atoms with E-state index >= 15 is 0 Å². The minimum absolute atomic E-state index is 0.153.